The number of alkyl halides is 3. The Morgan fingerprint density at radius 3 is 2.24 bits per heavy atom. The summed E-state index contributed by atoms with van der Waals surface area (Å²) in [6, 6.07) is 5.01. The first kappa shape index (κ1) is 13.2. The predicted molar refractivity (Wildman–Crippen MR) is 54.8 cm³/mol. The first-order chi connectivity index (χ1) is 7.79. The zero-order valence-corrected chi connectivity index (χ0v) is 8.81. The van der Waals surface area contributed by atoms with Gasteiger partial charge in [-0.2, -0.15) is 13.2 Å². The summed E-state index contributed by atoms with van der Waals surface area (Å²) in [6.45, 7) is 1.31. The second kappa shape index (κ2) is 4.99. The number of hydrogen-bond donors (Lipinski definition) is 1. The third-order valence-corrected chi connectivity index (χ3v) is 1.81. The second-order valence-corrected chi connectivity index (χ2v) is 3.32. The summed E-state index contributed by atoms with van der Waals surface area (Å²) in [5.74, 6) is -2.40. The minimum absolute atomic E-state index is 0.0268. The van der Waals surface area contributed by atoms with Gasteiger partial charge in [-0.3, -0.25) is 4.79 Å². The summed E-state index contributed by atoms with van der Waals surface area (Å²) in [5, 5.41) is 2.55. The van der Waals surface area contributed by atoms with Crippen molar-refractivity contribution >= 4 is 11.5 Å². The average Bonchev–Trinajstić information content (AvgIpc) is 2.20. The number of hydrogen-bond acceptors (Lipinski definition) is 2. The molecule has 17 heavy (non-hydrogen) atoms. The van der Waals surface area contributed by atoms with Crippen molar-refractivity contribution in [3.63, 3.8) is 0 Å². The van der Waals surface area contributed by atoms with Crippen LogP contribution >= 0.6 is 0 Å². The minimum Gasteiger partial charge on any atom is -0.359 e. The van der Waals surface area contributed by atoms with Crippen molar-refractivity contribution in [1.29, 1.82) is 0 Å². The van der Waals surface area contributed by atoms with Gasteiger partial charge in [0.15, 0.2) is 0 Å². The molecule has 92 valence electrons. The molecule has 0 aromatic heterocycles. The van der Waals surface area contributed by atoms with Gasteiger partial charge in [-0.1, -0.05) is 0 Å². The lowest BCUT2D eigenvalue weighted by Crippen LogP contribution is -2.21. The van der Waals surface area contributed by atoms with Gasteiger partial charge in [-0.25, -0.2) is 4.39 Å². The molecule has 6 heteroatoms. The van der Waals surface area contributed by atoms with Crippen molar-refractivity contribution in [2.75, 3.05) is 5.32 Å². The number of halogens is 4. The molecule has 1 N–H and O–H groups in total. The van der Waals surface area contributed by atoms with Gasteiger partial charge in [0.1, 0.15) is 5.82 Å². The molecule has 0 spiro atoms. The smallest absolute Gasteiger partial charge is 0.359 e. The van der Waals surface area contributed by atoms with Crippen LogP contribution < -0.4 is 5.32 Å². The van der Waals surface area contributed by atoms with Crippen LogP contribution in [0.25, 0.3) is 0 Å². The second-order valence-electron chi connectivity index (χ2n) is 3.32. The Balaban J connectivity index is 2.72. The average molecular weight is 247 g/mol. The number of nitrogens with one attached hydrogen (secondary N) is 1. The zero-order valence-electron chi connectivity index (χ0n) is 8.81. The van der Waals surface area contributed by atoms with Crippen LogP contribution in [0.4, 0.5) is 23.2 Å². The van der Waals surface area contributed by atoms with Crippen LogP contribution in [0, 0.1) is 5.82 Å². The van der Waals surface area contributed by atoms with Crippen molar-refractivity contribution in [2.45, 2.75) is 13.1 Å². The minimum atomic E-state index is -4.88. The summed E-state index contributed by atoms with van der Waals surface area (Å²) in [6.07, 6.45) is -4.44. The molecule has 0 fully saturated rings. The fourth-order valence-corrected chi connectivity index (χ4v) is 1.08. The number of ketones is 1. The Bertz CT molecular complexity index is 434. The Labute approximate surface area is 94.9 Å². The SMILES string of the molecule is CC(=CC(=O)C(F)(F)F)Nc1ccc(F)cc1. The molecule has 0 aliphatic carbocycles. The van der Waals surface area contributed by atoms with E-state index >= 15 is 0 Å². The van der Waals surface area contributed by atoms with E-state index in [1.807, 2.05) is 0 Å². The van der Waals surface area contributed by atoms with Crippen LogP contribution in [0.2, 0.25) is 0 Å². The topological polar surface area (TPSA) is 29.1 Å². The van der Waals surface area contributed by atoms with E-state index in [2.05, 4.69) is 5.32 Å². The van der Waals surface area contributed by atoms with E-state index < -0.39 is 17.8 Å². The van der Waals surface area contributed by atoms with Gasteiger partial charge in [-0.05, 0) is 31.2 Å². The quantitative estimate of drug-likeness (QED) is 0.656. The normalized spacial score (nSPS) is 12.4. The number of anilines is 1. The van der Waals surface area contributed by atoms with Gasteiger partial charge in [0.25, 0.3) is 5.78 Å². The summed E-state index contributed by atoms with van der Waals surface area (Å²) >= 11 is 0. The highest BCUT2D eigenvalue weighted by Crippen LogP contribution is 2.18. The van der Waals surface area contributed by atoms with E-state index in [-0.39, 0.29) is 5.70 Å². The standard InChI is InChI=1S/C11H9F4NO/c1-7(6-10(17)11(13,14)15)16-9-4-2-8(12)3-5-9/h2-6,16H,1H3. The fraction of sp³-hybridized carbons (Fsp3) is 0.182. The van der Waals surface area contributed by atoms with Gasteiger partial charge >= 0.3 is 6.18 Å². The predicted octanol–water partition coefficient (Wildman–Crippen LogP) is 3.27. The lowest BCUT2D eigenvalue weighted by Gasteiger charge is -2.07. The molecule has 0 saturated heterocycles. The van der Waals surface area contributed by atoms with Crippen LogP contribution in [-0.4, -0.2) is 12.0 Å². The molecule has 1 aromatic rings. The highest BCUT2D eigenvalue weighted by Gasteiger charge is 2.36. The van der Waals surface area contributed by atoms with E-state index in [0.29, 0.717) is 11.8 Å². The Morgan fingerprint density at radius 1 is 1.24 bits per heavy atom. The number of allylic oxidation sites excluding steroid dienone is 2. The zero-order chi connectivity index (χ0) is 13.1. The maximum Gasteiger partial charge on any atom is 0.454 e. The molecule has 0 aliphatic heterocycles. The molecule has 0 aliphatic rings. The van der Waals surface area contributed by atoms with Gasteiger partial charge in [0.05, 0.1) is 0 Å². The maximum absolute atomic E-state index is 12.5. The van der Waals surface area contributed by atoms with Gasteiger partial charge in [0, 0.05) is 17.5 Å². The molecule has 2 nitrogen and oxygen atoms in total. The van der Waals surface area contributed by atoms with Crippen LogP contribution in [0.3, 0.4) is 0 Å². The number of carbonyl (C=O) groups excluding carboxylic acids is 1. The number of carbonyl (C=O) groups is 1. The van der Waals surface area contributed by atoms with Crippen LogP contribution in [-0.2, 0) is 4.79 Å². The number of benzene rings is 1. The van der Waals surface area contributed by atoms with Crippen molar-refractivity contribution in [1.82, 2.24) is 0 Å². The third-order valence-electron chi connectivity index (χ3n) is 1.81. The van der Waals surface area contributed by atoms with Crippen molar-refractivity contribution in [3.8, 4) is 0 Å². The first-order valence-corrected chi connectivity index (χ1v) is 4.61. The van der Waals surface area contributed by atoms with E-state index in [1.54, 1.807) is 0 Å². The molecule has 0 unspecified atom stereocenters. The molecule has 0 bridgehead atoms. The number of rotatable bonds is 3. The molecule has 0 saturated carbocycles. The molecule has 0 atom stereocenters. The van der Waals surface area contributed by atoms with Gasteiger partial charge in [0.2, 0.25) is 0 Å². The molecule has 0 amide bonds. The summed E-state index contributed by atoms with van der Waals surface area (Å²) in [7, 11) is 0. The monoisotopic (exact) mass is 247 g/mol. The molecule has 0 heterocycles. The molecule has 1 aromatic carbocycles. The van der Waals surface area contributed by atoms with E-state index in [0.717, 1.165) is 12.1 Å². The molecular formula is C11H9F4NO. The fourth-order valence-electron chi connectivity index (χ4n) is 1.08. The van der Waals surface area contributed by atoms with Gasteiger partial charge in [-0.15, -0.1) is 0 Å². The largest absolute Gasteiger partial charge is 0.454 e. The van der Waals surface area contributed by atoms with Crippen LogP contribution in [0.1, 0.15) is 6.92 Å². The van der Waals surface area contributed by atoms with E-state index in [4.69, 9.17) is 0 Å². The van der Waals surface area contributed by atoms with E-state index in [1.165, 1.54) is 19.1 Å². The Kier molecular flexibility index (Phi) is 3.88. The highest BCUT2D eigenvalue weighted by molar-refractivity contribution is 5.95. The molecule has 1 rings (SSSR count). The van der Waals surface area contributed by atoms with Crippen LogP contribution in [0.15, 0.2) is 36.0 Å². The third kappa shape index (κ3) is 4.26. The molecular weight excluding hydrogens is 238 g/mol. The maximum atomic E-state index is 12.5. The lowest BCUT2D eigenvalue weighted by molar-refractivity contribution is -0.165. The van der Waals surface area contributed by atoms with Crippen LogP contribution in [0.5, 0.6) is 0 Å². The van der Waals surface area contributed by atoms with Crippen molar-refractivity contribution in [2.24, 2.45) is 0 Å². The Hall–Kier alpha value is -1.85. The Morgan fingerprint density at radius 2 is 1.76 bits per heavy atom. The molecule has 0 radical (unpaired) electrons. The van der Waals surface area contributed by atoms with Gasteiger partial charge < -0.3 is 5.32 Å². The van der Waals surface area contributed by atoms with Crippen molar-refractivity contribution in [3.05, 3.63) is 41.9 Å². The van der Waals surface area contributed by atoms with E-state index in [9.17, 15) is 22.4 Å². The van der Waals surface area contributed by atoms with Crippen molar-refractivity contribution < 1.29 is 22.4 Å². The first-order valence-electron chi connectivity index (χ1n) is 4.61. The highest BCUT2D eigenvalue weighted by atomic mass is 19.4. The summed E-state index contributed by atoms with van der Waals surface area (Å²) in [5.41, 5.74) is 0.425. The summed E-state index contributed by atoms with van der Waals surface area (Å²) in [4.78, 5) is 10.6. The summed E-state index contributed by atoms with van der Waals surface area (Å²) < 4.78 is 48.3. The lowest BCUT2D eigenvalue weighted by atomic mass is 10.2.